The first-order chi connectivity index (χ1) is 7.11. The van der Waals surface area contributed by atoms with Crippen LogP contribution in [-0.4, -0.2) is 31.1 Å². The minimum atomic E-state index is 0.301. The molecule has 3 N–H and O–H groups in total. The van der Waals surface area contributed by atoms with E-state index in [0.29, 0.717) is 6.17 Å². The van der Waals surface area contributed by atoms with Crippen molar-refractivity contribution in [2.24, 2.45) is 5.73 Å². The smallest absolute Gasteiger partial charge is 0.224 e. The van der Waals surface area contributed by atoms with Crippen LogP contribution in [0.3, 0.4) is 0 Å². The minimum absolute atomic E-state index is 0.301. The first-order valence-corrected chi connectivity index (χ1v) is 5.79. The van der Waals surface area contributed by atoms with E-state index in [4.69, 9.17) is 5.73 Å². The molecule has 0 aliphatic carbocycles. The number of rotatable bonds is 9. The molecular weight excluding hydrogens is 186 g/mol. The van der Waals surface area contributed by atoms with Gasteiger partial charge in [0.25, 0.3) is 0 Å². The lowest BCUT2D eigenvalue weighted by Gasteiger charge is -2.16. The molecule has 0 saturated heterocycles. The normalized spacial score (nSPS) is 12.2. The van der Waals surface area contributed by atoms with E-state index >= 15 is 0 Å². The van der Waals surface area contributed by atoms with E-state index in [0.717, 1.165) is 31.5 Å². The fourth-order valence-corrected chi connectivity index (χ4v) is 1.42. The van der Waals surface area contributed by atoms with Crippen molar-refractivity contribution < 1.29 is 4.58 Å². The molecule has 0 amide bonds. The summed E-state index contributed by atoms with van der Waals surface area (Å²) in [7, 11) is 1.99. The minimum Gasteiger partial charge on any atom is -0.333 e. The van der Waals surface area contributed by atoms with Gasteiger partial charge >= 0.3 is 0 Å². The predicted octanol–water partition coefficient (Wildman–Crippen LogP) is 1.69. The predicted molar refractivity (Wildman–Crippen MR) is 67.2 cm³/mol. The molecule has 0 aliphatic heterocycles. The molecular formula is C12H26N3+. The van der Waals surface area contributed by atoms with Crippen molar-refractivity contribution in [1.82, 2.24) is 5.32 Å². The molecule has 0 fully saturated rings. The maximum absolute atomic E-state index is 5.46. The Morgan fingerprint density at radius 2 is 2.13 bits per heavy atom. The Bertz CT molecular complexity index is 199. The molecule has 0 saturated carbocycles. The molecule has 15 heavy (non-hydrogen) atoms. The Morgan fingerprint density at radius 1 is 1.47 bits per heavy atom. The van der Waals surface area contributed by atoms with E-state index in [2.05, 4.69) is 25.5 Å². The molecule has 1 atom stereocenters. The van der Waals surface area contributed by atoms with Gasteiger partial charge < -0.3 is 11.1 Å². The Balaban J connectivity index is 3.93. The van der Waals surface area contributed by atoms with Crippen LogP contribution in [0.1, 0.15) is 39.0 Å². The lowest BCUT2D eigenvalue weighted by Crippen LogP contribution is -2.36. The Morgan fingerprint density at radius 3 is 2.60 bits per heavy atom. The van der Waals surface area contributed by atoms with Gasteiger partial charge in [0.1, 0.15) is 13.8 Å². The number of unbranched alkanes of at least 4 members (excludes halogenated alkanes) is 1. The topological polar surface area (TPSA) is 41.1 Å². The van der Waals surface area contributed by atoms with Gasteiger partial charge in [-0.15, -0.1) is 0 Å². The van der Waals surface area contributed by atoms with E-state index in [1.165, 1.54) is 12.8 Å². The molecule has 0 aromatic carbocycles. The molecule has 3 nitrogen and oxygen atoms in total. The second kappa shape index (κ2) is 8.48. The maximum Gasteiger partial charge on any atom is 0.224 e. The quantitative estimate of drug-likeness (QED) is 0.347. The van der Waals surface area contributed by atoms with Gasteiger partial charge in [-0.05, 0) is 25.8 Å². The van der Waals surface area contributed by atoms with E-state index in [-0.39, 0.29) is 0 Å². The highest BCUT2D eigenvalue weighted by Gasteiger charge is 2.14. The number of nitrogens with two attached hydrogens (primary N) is 1. The van der Waals surface area contributed by atoms with Crippen molar-refractivity contribution in [2.75, 3.05) is 13.6 Å². The van der Waals surface area contributed by atoms with Crippen LogP contribution < -0.4 is 11.1 Å². The lowest BCUT2D eigenvalue weighted by atomic mass is 10.2. The molecule has 3 heteroatoms. The second-order valence-corrected chi connectivity index (χ2v) is 4.06. The fraction of sp³-hybridized carbons (Fsp3) is 0.750. The summed E-state index contributed by atoms with van der Waals surface area (Å²) >= 11 is 0. The summed E-state index contributed by atoms with van der Waals surface area (Å²) in [4.78, 5) is 0. The average molecular weight is 212 g/mol. The standard InChI is InChI=1S/C12H26N3/c1-5-6-9-12(15(3)4)14-11(2)8-7-10-13/h12,14H,2-3,5-10,13H2,1,4H3/q+1/t12-/m1/s1. The molecule has 0 rings (SSSR count). The SMILES string of the molecule is C=C(CCCN)N[C@@H](CCCC)[N+](=C)C. The number of nitrogens with zero attached hydrogens (tertiary/aromatic N) is 1. The summed E-state index contributed by atoms with van der Waals surface area (Å²) in [6, 6.07) is 0. The Kier molecular flexibility index (Phi) is 8.01. The number of allylic oxidation sites excluding steroid dienone is 1. The third-order valence-electron chi connectivity index (χ3n) is 2.42. The van der Waals surface area contributed by atoms with Gasteiger partial charge in [-0.1, -0.05) is 19.9 Å². The molecule has 0 radical (unpaired) electrons. The molecule has 0 unspecified atom stereocenters. The van der Waals surface area contributed by atoms with Crippen molar-refractivity contribution in [2.45, 2.75) is 45.2 Å². The first-order valence-electron chi connectivity index (χ1n) is 5.79. The van der Waals surface area contributed by atoms with Crippen LogP contribution in [0.4, 0.5) is 0 Å². The van der Waals surface area contributed by atoms with Gasteiger partial charge in [0.2, 0.25) is 6.17 Å². The van der Waals surface area contributed by atoms with Crippen LogP contribution in [0, 0.1) is 0 Å². The summed E-state index contributed by atoms with van der Waals surface area (Å²) in [6.07, 6.45) is 5.77. The van der Waals surface area contributed by atoms with E-state index in [1.807, 2.05) is 11.6 Å². The Hall–Kier alpha value is -0.830. The molecule has 0 aromatic heterocycles. The largest absolute Gasteiger partial charge is 0.333 e. The summed E-state index contributed by atoms with van der Waals surface area (Å²) < 4.78 is 1.96. The molecule has 0 bridgehead atoms. The number of nitrogens with one attached hydrogen (secondary N) is 1. The zero-order chi connectivity index (χ0) is 11.7. The summed E-state index contributed by atoms with van der Waals surface area (Å²) in [5.41, 5.74) is 6.52. The van der Waals surface area contributed by atoms with Gasteiger partial charge in [-0.25, -0.2) is 4.58 Å². The van der Waals surface area contributed by atoms with Crippen LogP contribution in [0.5, 0.6) is 0 Å². The van der Waals surface area contributed by atoms with Gasteiger partial charge in [0.05, 0.1) is 0 Å². The first kappa shape index (κ1) is 14.2. The van der Waals surface area contributed by atoms with Crippen molar-refractivity contribution in [3.05, 3.63) is 12.3 Å². The fourth-order valence-electron chi connectivity index (χ4n) is 1.42. The van der Waals surface area contributed by atoms with Crippen molar-refractivity contribution in [3.8, 4) is 0 Å². The van der Waals surface area contributed by atoms with Crippen LogP contribution in [0.25, 0.3) is 0 Å². The third-order valence-corrected chi connectivity index (χ3v) is 2.42. The zero-order valence-corrected chi connectivity index (χ0v) is 10.3. The van der Waals surface area contributed by atoms with E-state index in [9.17, 15) is 0 Å². The monoisotopic (exact) mass is 212 g/mol. The molecule has 0 aliphatic rings. The lowest BCUT2D eigenvalue weighted by molar-refractivity contribution is -0.536. The van der Waals surface area contributed by atoms with E-state index < -0.39 is 0 Å². The highest BCUT2D eigenvalue weighted by molar-refractivity contribution is 5.14. The third kappa shape index (κ3) is 7.14. The summed E-state index contributed by atoms with van der Waals surface area (Å²) in [6.45, 7) is 10.9. The second-order valence-electron chi connectivity index (χ2n) is 4.06. The summed E-state index contributed by atoms with van der Waals surface area (Å²) in [5, 5.41) is 3.40. The van der Waals surface area contributed by atoms with Crippen LogP contribution in [-0.2, 0) is 0 Å². The molecule has 88 valence electrons. The molecule has 0 aromatic rings. The maximum atomic E-state index is 5.46. The van der Waals surface area contributed by atoms with Gasteiger partial charge in [0, 0.05) is 12.1 Å². The van der Waals surface area contributed by atoms with Gasteiger partial charge in [-0.3, -0.25) is 0 Å². The highest BCUT2D eigenvalue weighted by atomic mass is 15.2. The van der Waals surface area contributed by atoms with E-state index in [1.54, 1.807) is 0 Å². The van der Waals surface area contributed by atoms with Crippen LogP contribution in [0.2, 0.25) is 0 Å². The van der Waals surface area contributed by atoms with Gasteiger partial charge in [0.15, 0.2) is 0 Å². The number of hydrogen-bond donors (Lipinski definition) is 2. The van der Waals surface area contributed by atoms with Gasteiger partial charge in [-0.2, -0.15) is 0 Å². The molecule has 0 spiro atoms. The van der Waals surface area contributed by atoms with Crippen molar-refractivity contribution >= 4 is 6.72 Å². The van der Waals surface area contributed by atoms with Crippen molar-refractivity contribution in [1.29, 1.82) is 0 Å². The zero-order valence-electron chi connectivity index (χ0n) is 10.3. The average Bonchev–Trinajstić information content (AvgIpc) is 2.20. The highest BCUT2D eigenvalue weighted by Crippen LogP contribution is 2.05. The number of hydrogen-bond acceptors (Lipinski definition) is 2. The van der Waals surface area contributed by atoms with Crippen molar-refractivity contribution in [3.63, 3.8) is 0 Å². The molecule has 0 heterocycles. The van der Waals surface area contributed by atoms with Crippen LogP contribution in [0.15, 0.2) is 12.3 Å². The summed E-state index contributed by atoms with van der Waals surface area (Å²) in [5.74, 6) is 0. The Labute approximate surface area is 94.1 Å². The van der Waals surface area contributed by atoms with Crippen LogP contribution >= 0.6 is 0 Å².